The zero-order chi connectivity index (χ0) is 18.8. The van der Waals surface area contributed by atoms with E-state index in [1.807, 2.05) is 32.9 Å². The van der Waals surface area contributed by atoms with Crippen molar-refractivity contribution in [3.8, 4) is 0 Å². The minimum atomic E-state index is -0.343. The fourth-order valence-electron chi connectivity index (χ4n) is 2.99. The third kappa shape index (κ3) is 2.79. The number of benzene rings is 2. The van der Waals surface area contributed by atoms with Crippen LogP contribution in [0.15, 0.2) is 47.3 Å². The van der Waals surface area contributed by atoms with E-state index in [0.717, 1.165) is 10.5 Å². The average Bonchev–Trinajstić information content (AvgIpc) is 2.91. The lowest BCUT2D eigenvalue weighted by molar-refractivity contribution is 0.0641. The monoisotopic (exact) mass is 349 g/mol. The van der Waals surface area contributed by atoms with E-state index in [1.54, 1.807) is 30.3 Å². The molecule has 2 aromatic carbocycles. The van der Waals surface area contributed by atoms with Gasteiger partial charge in [0.1, 0.15) is 0 Å². The summed E-state index contributed by atoms with van der Waals surface area (Å²) in [5.74, 6) is -0.686. The Balaban J connectivity index is 0.000000948. The Kier molecular flexibility index (Phi) is 4.67. The number of hydrogen-bond acceptors (Lipinski definition) is 4. The van der Waals surface area contributed by atoms with Crippen molar-refractivity contribution < 1.29 is 9.59 Å². The summed E-state index contributed by atoms with van der Waals surface area (Å²) in [6.45, 7) is 5.93. The van der Waals surface area contributed by atoms with Gasteiger partial charge in [-0.3, -0.25) is 19.3 Å². The third-order valence-corrected chi connectivity index (χ3v) is 4.21. The zero-order valence-electron chi connectivity index (χ0n) is 14.9. The molecule has 0 radical (unpaired) electrons. The number of fused-ring (bicyclic) bond motifs is 2. The predicted molar refractivity (Wildman–Crippen MR) is 99.1 cm³/mol. The number of carbonyl (C=O) groups excluding carboxylic acids is 2. The number of aromatic nitrogens is 2. The van der Waals surface area contributed by atoms with Crippen LogP contribution in [0.25, 0.3) is 10.8 Å². The fourth-order valence-corrected chi connectivity index (χ4v) is 2.99. The van der Waals surface area contributed by atoms with Crippen LogP contribution in [0.2, 0.25) is 0 Å². The first-order valence-corrected chi connectivity index (χ1v) is 8.49. The number of nitrogens with one attached hydrogen (secondary N) is 1. The Labute approximate surface area is 150 Å². The van der Waals surface area contributed by atoms with Crippen LogP contribution >= 0.6 is 0 Å². The molecule has 6 nitrogen and oxygen atoms in total. The van der Waals surface area contributed by atoms with Crippen LogP contribution in [0.3, 0.4) is 0 Å². The van der Waals surface area contributed by atoms with Crippen LogP contribution < -0.4 is 5.56 Å². The molecular weight excluding hydrogens is 330 g/mol. The van der Waals surface area contributed by atoms with Crippen LogP contribution in [0, 0.1) is 6.92 Å². The molecule has 2 heterocycles. The number of H-pyrrole nitrogens is 1. The second-order valence-electron chi connectivity index (χ2n) is 5.79. The molecule has 132 valence electrons. The molecule has 26 heavy (non-hydrogen) atoms. The van der Waals surface area contributed by atoms with Gasteiger partial charge in [-0.15, -0.1) is 0 Å². The first kappa shape index (κ1) is 17.5. The van der Waals surface area contributed by atoms with Gasteiger partial charge in [0, 0.05) is 5.39 Å². The predicted octanol–water partition coefficient (Wildman–Crippen LogP) is 3.05. The summed E-state index contributed by atoms with van der Waals surface area (Å²) in [6.07, 6.45) is 0. The lowest BCUT2D eigenvalue weighted by atomic mass is 10.1. The van der Waals surface area contributed by atoms with Crippen molar-refractivity contribution in [2.75, 3.05) is 0 Å². The van der Waals surface area contributed by atoms with E-state index in [4.69, 9.17) is 0 Å². The van der Waals surface area contributed by atoms with Gasteiger partial charge in [0.2, 0.25) is 0 Å². The van der Waals surface area contributed by atoms with E-state index < -0.39 is 0 Å². The fraction of sp³-hybridized carbons (Fsp3) is 0.200. The number of rotatable bonds is 2. The number of hydrogen-bond donors (Lipinski definition) is 1. The Bertz CT molecular complexity index is 1030. The van der Waals surface area contributed by atoms with E-state index in [0.29, 0.717) is 27.6 Å². The van der Waals surface area contributed by atoms with Gasteiger partial charge in [-0.2, -0.15) is 5.10 Å². The van der Waals surface area contributed by atoms with E-state index in [-0.39, 0.29) is 23.9 Å². The summed E-state index contributed by atoms with van der Waals surface area (Å²) in [6, 6.07) is 12.1. The second-order valence-corrected chi connectivity index (χ2v) is 5.79. The molecule has 0 bridgehead atoms. The van der Waals surface area contributed by atoms with Gasteiger partial charge in [0.15, 0.2) is 0 Å². The van der Waals surface area contributed by atoms with E-state index in [1.165, 1.54) is 0 Å². The van der Waals surface area contributed by atoms with Crippen molar-refractivity contribution >= 4 is 22.6 Å². The smallest absolute Gasteiger partial charge is 0.269 e. The number of carbonyl (C=O) groups is 2. The standard InChI is InChI=1S/C18H13N3O3.C2H6/c1-10-6-7-11-14(8-10)15(19-20-16(11)22)9-21-17(23)12-4-2-3-5-13(12)18(21)24;1-2/h2-8H,9H2,1H3,(H,20,22);1-2H3. The molecule has 0 unspecified atom stereocenters. The molecule has 0 spiro atoms. The molecule has 2 amide bonds. The molecule has 0 fully saturated rings. The molecule has 4 rings (SSSR count). The van der Waals surface area contributed by atoms with Gasteiger partial charge in [0.25, 0.3) is 17.4 Å². The van der Waals surface area contributed by atoms with Crippen molar-refractivity contribution in [2.45, 2.75) is 27.3 Å². The van der Waals surface area contributed by atoms with Crippen molar-refractivity contribution in [2.24, 2.45) is 0 Å². The molecule has 1 aliphatic rings. The number of aryl methyl sites for hydroxylation is 1. The van der Waals surface area contributed by atoms with Crippen LogP contribution in [0.1, 0.15) is 45.8 Å². The van der Waals surface area contributed by atoms with Crippen molar-refractivity contribution in [1.82, 2.24) is 15.1 Å². The number of imide groups is 1. The summed E-state index contributed by atoms with van der Waals surface area (Å²) in [4.78, 5) is 38.1. The Morgan fingerprint density at radius 1 is 0.923 bits per heavy atom. The normalized spacial score (nSPS) is 12.8. The molecule has 0 saturated carbocycles. The Morgan fingerprint density at radius 2 is 1.54 bits per heavy atom. The van der Waals surface area contributed by atoms with Gasteiger partial charge in [0.05, 0.1) is 28.8 Å². The highest BCUT2D eigenvalue weighted by atomic mass is 16.2. The first-order valence-electron chi connectivity index (χ1n) is 8.49. The van der Waals surface area contributed by atoms with Crippen molar-refractivity contribution in [1.29, 1.82) is 0 Å². The highest BCUT2D eigenvalue weighted by Crippen LogP contribution is 2.25. The summed E-state index contributed by atoms with van der Waals surface area (Å²) in [5, 5.41) is 7.63. The Morgan fingerprint density at radius 3 is 2.15 bits per heavy atom. The molecule has 0 atom stereocenters. The summed E-state index contributed by atoms with van der Waals surface area (Å²) in [7, 11) is 0. The van der Waals surface area contributed by atoms with Crippen LogP contribution in [0.5, 0.6) is 0 Å². The van der Waals surface area contributed by atoms with Gasteiger partial charge in [-0.25, -0.2) is 5.10 Å². The molecule has 0 aliphatic carbocycles. The van der Waals surface area contributed by atoms with Crippen LogP contribution in [0.4, 0.5) is 0 Å². The summed E-state index contributed by atoms with van der Waals surface area (Å²) < 4.78 is 0. The third-order valence-electron chi connectivity index (χ3n) is 4.21. The Hall–Kier alpha value is -3.28. The molecule has 1 aromatic heterocycles. The number of aromatic amines is 1. The quantitative estimate of drug-likeness (QED) is 0.721. The molecule has 1 N–H and O–H groups in total. The molecule has 1 aliphatic heterocycles. The van der Waals surface area contributed by atoms with Crippen molar-refractivity contribution in [3.05, 3.63) is 75.2 Å². The molecule has 3 aromatic rings. The first-order chi connectivity index (χ1) is 12.6. The largest absolute Gasteiger partial charge is 0.272 e. The summed E-state index contributed by atoms with van der Waals surface area (Å²) >= 11 is 0. The lowest BCUT2D eigenvalue weighted by Gasteiger charge is -2.14. The van der Waals surface area contributed by atoms with Gasteiger partial charge in [-0.1, -0.05) is 37.6 Å². The average molecular weight is 349 g/mol. The van der Waals surface area contributed by atoms with Crippen molar-refractivity contribution in [3.63, 3.8) is 0 Å². The highest BCUT2D eigenvalue weighted by molar-refractivity contribution is 6.21. The topological polar surface area (TPSA) is 83.1 Å². The van der Waals surface area contributed by atoms with Gasteiger partial charge in [-0.05, 0) is 31.2 Å². The zero-order valence-corrected chi connectivity index (χ0v) is 14.9. The lowest BCUT2D eigenvalue weighted by Crippen LogP contribution is -2.30. The molecular formula is C20H19N3O3. The highest BCUT2D eigenvalue weighted by Gasteiger charge is 2.35. The molecule has 0 saturated heterocycles. The molecule has 6 heteroatoms. The summed E-state index contributed by atoms with van der Waals surface area (Å²) in [5.41, 5.74) is 1.96. The van der Waals surface area contributed by atoms with Crippen LogP contribution in [-0.4, -0.2) is 26.9 Å². The maximum absolute atomic E-state index is 12.5. The maximum atomic E-state index is 12.5. The van der Waals surface area contributed by atoms with E-state index >= 15 is 0 Å². The number of amides is 2. The maximum Gasteiger partial charge on any atom is 0.272 e. The minimum Gasteiger partial charge on any atom is -0.269 e. The SMILES string of the molecule is CC.Cc1ccc2c(=O)[nH]nc(CN3C(=O)c4ccccc4C3=O)c2c1. The van der Waals surface area contributed by atoms with E-state index in [9.17, 15) is 14.4 Å². The van der Waals surface area contributed by atoms with Gasteiger partial charge < -0.3 is 0 Å². The van der Waals surface area contributed by atoms with Crippen LogP contribution in [-0.2, 0) is 6.54 Å². The second kappa shape index (κ2) is 6.92. The van der Waals surface area contributed by atoms with Gasteiger partial charge >= 0.3 is 0 Å². The van der Waals surface area contributed by atoms with E-state index in [2.05, 4.69) is 10.2 Å². The minimum absolute atomic E-state index is 0.0169. The number of nitrogens with zero attached hydrogens (tertiary/aromatic N) is 2.